The van der Waals surface area contributed by atoms with E-state index in [1.807, 2.05) is 6.07 Å². The Morgan fingerprint density at radius 1 is 1.30 bits per heavy atom. The van der Waals surface area contributed by atoms with E-state index in [0.717, 1.165) is 42.2 Å². The molecule has 1 aromatic carbocycles. The van der Waals surface area contributed by atoms with E-state index in [-0.39, 0.29) is 11.9 Å². The smallest absolute Gasteiger partial charge is 0.282 e. The third-order valence-corrected chi connectivity index (χ3v) is 7.45. The topological polar surface area (TPSA) is 77.1 Å². The average Bonchev–Trinajstić information content (AvgIpc) is 3.43. The van der Waals surface area contributed by atoms with Gasteiger partial charge in [0, 0.05) is 48.5 Å². The number of hydrogen-bond donors (Lipinski definition) is 2. The number of benzene rings is 1. The molecule has 1 aliphatic rings. The van der Waals surface area contributed by atoms with Crippen molar-refractivity contribution in [2.75, 3.05) is 25.0 Å². The van der Waals surface area contributed by atoms with Gasteiger partial charge >= 0.3 is 0 Å². The quantitative estimate of drug-likeness (QED) is 0.513. The number of para-hydroxylation sites is 1. The zero-order valence-electron chi connectivity index (χ0n) is 20.0. The van der Waals surface area contributed by atoms with Gasteiger partial charge in [0.15, 0.2) is 0 Å². The van der Waals surface area contributed by atoms with Gasteiger partial charge in [0.1, 0.15) is 0 Å². The molecule has 4 rings (SSSR count). The van der Waals surface area contributed by atoms with Crippen LogP contribution in [0.15, 0.2) is 42.7 Å². The molecule has 7 nitrogen and oxygen atoms in total. The van der Waals surface area contributed by atoms with Crippen LogP contribution < -0.4 is 10.2 Å². The van der Waals surface area contributed by atoms with Crippen LogP contribution in [0, 0.1) is 5.92 Å². The number of nitrogens with one attached hydrogen (secondary N) is 2. The Balaban J connectivity index is 1.46. The summed E-state index contributed by atoms with van der Waals surface area (Å²) in [5, 5.41) is 14.2. The predicted molar refractivity (Wildman–Crippen MR) is 136 cm³/mol. The summed E-state index contributed by atoms with van der Waals surface area (Å²) in [6.45, 7) is 12.3. The number of rotatable bonds is 8. The Morgan fingerprint density at radius 2 is 2.09 bits per heavy atom. The van der Waals surface area contributed by atoms with Gasteiger partial charge in [-0.3, -0.25) is 4.79 Å². The van der Waals surface area contributed by atoms with Gasteiger partial charge in [0.25, 0.3) is 5.91 Å². The Labute approximate surface area is 199 Å². The predicted octanol–water partition coefficient (Wildman–Crippen LogP) is 4.45. The standard InChI is InChI=1S/C25H34N6OS/c1-16(2)10-11-20(12-19-13-26-22-9-7-6-8-21(19)22)27-23(32)24-28-29-25(33-24)31-14-17(3)30(5)18(4)15-31/h6-9,13,16,18,20,26H,3,10-12,14-15H2,1-2,4-5H3,(H,27,32). The minimum absolute atomic E-state index is 0.0369. The van der Waals surface area contributed by atoms with Crippen LogP contribution in [0.2, 0.25) is 0 Å². The highest BCUT2D eigenvalue weighted by molar-refractivity contribution is 7.17. The number of aromatic amines is 1. The lowest BCUT2D eigenvalue weighted by Crippen LogP contribution is -2.48. The molecule has 1 amide bonds. The number of nitrogens with zero attached hydrogens (tertiary/aromatic N) is 4. The summed E-state index contributed by atoms with van der Waals surface area (Å²) in [5.74, 6) is 0.432. The fourth-order valence-electron chi connectivity index (χ4n) is 4.30. The lowest BCUT2D eigenvalue weighted by atomic mass is 9.97. The minimum Gasteiger partial charge on any atom is -0.372 e. The van der Waals surface area contributed by atoms with Crippen LogP contribution in [0.1, 0.15) is 49.0 Å². The number of H-pyrrole nitrogens is 1. The molecule has 2 unspecified atom stereocenters. The summed E-state index contributed by atoms with van der Waals surface area (Å²) in [6.07, 6.45) is 4.81. The minimum atomic E-state index is -0.145. The van der Waals surface area contributed by atoms with Crippen molar-refractivity contribution in [3.8, 4) is 0 Å². The highest BCUT2D eigenvalue weighted by Gasteiger charge is 2.27. The summed E-state index contributed by atoms with van der Waals surface area (Å²) in [5.41, 5.74) is 3.39. The molecule has 0 radical (unpaired) electrons. The molecule has 176 valence electrons. The second kappa shape index (κ2) is 9.95. The van der Waals surface area contributed by atoms with Crippen molar-refractivity contribution in [2.24, 2.45) is 5.92 Å². The monoisotopic (exact) mass is 466 g/mol. The number of carbonyl (C=O) groups is 1. The first-order valence-electron chi connectivity index (χ1n) is 11.7. The van der Waals surface area contributed by atoms with Gasteiger partial charge in [0.05, 0.1) is 6.54 Å². The van der Waals surface area contributed by atoms with Crippen molar-refractivity contribution in [1.82, 2.24) is 25.4 Å². The van der Waals surface area contributed by atoms with E-state index in [9.17, 15) is 4.79 Å². The molecule has 1 aliphatic heterocycles. The molecule has 0 spiro atoms. The highest BCUT2D eigenvalue weighted by atomic mass is 32.1. The first kappa shape index (κ1) is 23.3. The van der Waals surface area contributed by atoms with E-state index in [1.54, 1.807) is 0 Å². The molecule has 1 fully saturated rings. The molecule has 2 atom stereocenters. The van der Waals surface area contributed by atoms with Crippen LogP contribution in [0.4, 0.5) is 5.13 Å². The summed E-state index contributed by atoms with van der Waals surface area (Å²) in [4.78, 5) is 20.8. The fraction of sp³-hybridized carbons (Fsp3) is 0.480. The molecule has 8 heteroatoms. The molecule has 0 saturated carbocycles. The molecule has 0 aliphatic carbocycles. The van der Waals surface area contributed by atoms with Crippen molar-refractivity contribution in [2.45, 2.75) is 52.1 Å². The number of piperazine rings is 1. The third-order valence-electron chi connectivity index (χ3n) is 6.47. The Kier molecular flexibility index (Phi) is 7.02. The molecular weight excluding hydrogens is 432 g/mol. The van der Waals surface area contributed by atoms with E-state index in [1.165, 1.54) is 22.3 Å². The number of carbonyl (C=O) groups excluding carboxylic acids is 1. The van der Waals surface area contributed by atoms with Gasteiger partial charge in [-0.25, -0.2) is 0 Å². The van der Waals surface area contributed by atoms with Gasteiger partial charge in [0.2, 0.25) is 10.1 Å². The van der Waals surface area contributed by atoms with Crippen molar-refractivity contribution < 1.29 is 4.79 Å². The van der Waals surface area contributed by atoms with Crippen molar-refractivity contribution in [1.29, 1.82) is 0 Å². The SMILES string of the molecule is C=C1CN(c2nnc(C(=O)NC(CCC(C)C)Cc3c[nH]c4ccccc34)s2)CC(C)N1C. The van der Waals surface area contributed by atoms with Gasteiger partial charge in [-0.05, 0) is 43.7 Å². The van der Waals surface area contributed by atoms with Gasteiger partial charge in [-0.1, -0.05) is 50.0 Å². The van der Waals surface area contributed by atoms with Crippen molar-refractivity contribution >= 4 is 33.3 Å². The molecule has 2 aromatic heterocycles. The number of fused-ring (bicyclic) bond motifs is 1. The van der Waals surface area contributed by atoms with Crippen LogP contribution in [0.3, 0.4) is 0 Å². The molecule has 33 heavy (non-hydrogen) atoms. The van der Waals surface area contributed by atoms with Crippen LogP contribution in [0.5, 0.6) is 0 Å². The van der Waals surface area contributed by atoms with Crippen molar-refractivity contribution in [3.63, 3.8) is 0 Å². The van der Waals surface area contributed by atoms with Crippen LogP contribution in [-0.2, 0) is 6.42 Å². The summed E-state index contributed by atoms with van der Waals surface area (Å²) < 4.78 is 0. The van der Waals surface area contributed by atoms with Gasteiger partial charge in [-0.15, -0.1) is 10.2 Å². The van der Waals surface area contributed by atoms with Crippen LogP contribution >= 0.6 is 11.3 Å². The molecule has 2 N–H and O–H groups in total. The van der Waals surface area contributed by atoms with Crippen molar-refractivity contribution in [3.05, 3.63) is 53.3 Å². The lowest BCUT2D eigenvalue weighted by molar-refractivity contribution is 0.0932. The van der Waals surface area contributed by atoms with E-state index >= 15 is 0 Å². The maximum Gasteiger partial charge on any atom is 0.282 e. The maximum atomic E-state index is 13.1. The maximum absolute atomic E-state index is 13.1. The number of likely N-dealkylation sites (N-methyl/N-ethyl adjacent to an activating group) is 1. The molecule has 3 heterocycles. The third kappa shape index (κ3) is 5.38. The fourth-order valence-corrected chi connectivity index (χ4v) is 5.06. The molecular formula is C25H34N6OS. The highest BCUT2D eigenvalue weighted by Crippen LogP contribution is 2.26. The number of aromatic nitrogens is 3. The normalized spacial score (nSPS) is 17.7. The second-order valence-electron chi connectivity index (χ2n) is 9.50. The zero-order chi connectivity index (χ0) is 23.5. The Bertz CT molecular complexity index is 1120. The van der Waals surface area contributed by atoms with E-state index in [0.29, 0.717) is 23.5 Å². The van der Waals surface area contributed by atoms with Gasteiger partial charge < -0.3 is 20.1 Å². The van der Waals surface area contributed by atoms with Crippen LogP contribution in [-0.4, -0.2) is 58.2 Å². The number of anilines is 1. The number of hydrogen-bond acceptors (Lipinski definition) is 6. The first-order valence-corrected chi connectivity index (χ1v) is 12.5. The van der Waals surface area contributed by atoms with E-state index in [2.05, 4.69) is 89.1 Å². The summed E-state index contributed by atoms with van der Waals surface area (Å²) in [6, 6.07) is 8.67. The Hall–Kier alpha value is -2.87. The first-order chi connectivity index (χ1) is 15.8. The zero-order valence-corrected chi connectivity index (χ0v) is 20.8. The summed E-state index contributed by atoms with van der Waals surface area (Å²) >= 11 is 1.36. The van der Waals surface area contributed by atoms with Gasteiger partial charge in [-0.2, -0.15) is 0 Å². The summed E-state index contributed by atoms with van der Waals surface area (Å²) in [7, 11) is 2.06. The average molecular weight is 467 g/mol. The number of amides is 1. The molecule has 0 bridgehead atoms. The second-order valence-corrected chi connectivity index (χ2v) is 10.5. The lowest BCUT2D eigenvalue weighted by Gasteiger charge is -2.40. The van der Waals surface area contributed by atoms with E-state index in [4.69, 9.17) is 0 Å². The molecule has 1 saturated heterocycles. The Morgan fingerprint density at radius 3 is 2.85 bits per heavy atom. The van der Waals surface area contributed by atoms with Crippen LogP contribution in [0.25, 0.3) is 10.9 Å². The van der Waals surface area contributed by atoms with E-state index < -0.39 is 0 Å². The largest absolute Gasteiger partial charge is 0.372 e. The molecule has 3 aromatic rings.